The van der Waals surface area contributed by atoms with E-state index in [0.29, 0.717) is 53.2 Å². The minimum Gasteiger partial charge on any atom is -0.389 e. The van der Waals surface area contributed by atoms with E-state index >= 15 is 0 Å². The second kappa shape index (κ2) is 10.9. The second-order valence-electron chi connectivity index (χ2n) is 10.2. The van der Waals surface area contributed by atoms with E-state index in [9.17, 15) is 19.6 Å². The average molecular weight is 581 g/mol. The summed E-state index contributed by atoms with van der Waals surface area (Å²) in [5, 5.41) is 25.9. The van der Waals surface area contributed by atoms with Crippen LogP contribution in [0.2, 0.25) is 0 Å². The molecule has 0 saturated carbocycles. The van der Waals surface area contributed by atoms with Gasteiger partial charge in [0.15, 0.2) is 10.9 Å². The van der Waals surface area contributed by atoms with Crippen LogP contribution in [0.25, 0.3) is 16.2 Å². The Morgan fingerprint density at radius 1 is 1.20 bits per heavy atom. The number of amides is 1. The van der Waals surface area contributed by atoms with E-state index in [1.54, 1.807) is 28.4 Å². The van der Waals surface area contributed by atoms with Crippen LogP contribution in [0.4, 0.5) is 15.3 Å². The third-order valence-electron chi connectivity index (χ3n) is 7.55. The van der Waals surface area contributed by atoms with Gasteiger partial charge in [-0.15, -0.1) is 0 Å². The van der Waals surface area contributed by atoms with Crippen molar-refractivity contribution >= 4 is 44.5 Å². The summed E-state index contributed by atoms with van der Waals surface area (Å²) >= 11 is 2.88. The molecule has 0 aliphatic carbocycles. The SMILES string of the molecule is CCc1nc2sc(C3CCN(CC(=O)N4CC(O)C4)CC3)nn2c1N(C)c1nc(-c2ccc(F)cc2)c(C#N)s1. The largest absolute Gasteiger partial charge is 0.389 e. The molecule has 0 bridgehead atoms. The molecule has 1 N–H and O–H groups in total. The zero-order valence-corrected chi connectivity index (χ0v) is 23.9. The van der Waals surface area contributed by atoms with Gasteiger partial charge in [-0.05, 0) is 56.6 Å². The maximum Gasteiger partial charge on any atom is 0.236 e. The lowest BCUT2D eigenvalue weighted by Gasteiger charge is -2.38. The van der Waals surface area contributed by atoms with Crippen LogP contribution in [-0.4, -0.2) is 86.3 Å². The number of anilines is 2. The Bertz CT molecular complexity index is 1580. The lowest BCUT2D eigenvalue weighted by molar-refractivity contribution is -0.142. The maximum absolute atomic E-state index is 13.5. The first kappa shape index (κ1) is 26.8. The molecule has 2 aliphatic rings. The Morgan fingerprint density at radius 2 is 1.93 bits per heavy atom. The van der Waals surface area contributed by atoms with E-state index in [2.05, 4.69) is 17.9 Å². The summed E-state index contributed by atoms with van der Waals surface area (Å²) in [4.78, 5) is 29.1. The van der Waals surface area contributed by atoms with Crippen LogP contribution >= 0.6 is 22.7 Å². The number of aliphatic hydroxyl groups is 1. The molecule has 3 aromatic heterocycles. The van der Waals surface area contributed by atoms with Gasteiger partial charge in [0.2, 0.25) is 10.9 Å². The number of carbonyl (C=O) groups is 1. The highest BCUT2D eigenvalue weighted by Gasteiger charge is 2.32. The standard InChI is InChI=1S/C27H29FN8O2S2/c1-3-20-25(33(2)26-31-23(21(12-29)39-26)16-4-6-18(28)7-5-16)36-27(30-20)40-24(32-36)17-8-10-34(11-9-17)15-22(38)35-13-19(37)14-35/h4-7,17,19,37H,3,8-11,13-15H2,1-2H3. The molecule has 10 nitrogen and oxygen atoms in total. The number of β-amino-alcohol motifs (C(OH)–C–C–N with tert-alkyl or cyclic N) is 1. The topological polar surface area (TPSA) is 114 Å². The molecule has 2 fully saturated rings. The number of fused-ring (bicyclic) bond motifs is 1. The zero-order valence-electron chi connectivity index (χ0n) is 22.2. The number of benzene rings is 1. The van der Waals surface area contributed by atoms with Crippen LogP contribution in [0.1, 0.15) is 41.3 Å². The van der Waals surface area contributed by atoms with Crippen molar-refractivity contribution in [3.63, 3.8) is 0 Å². The summed E-state index contributed by atoms with van der Waals surface area (Å²) in [5.41, 5.74) is 2.12. The third-order valence-corrected chi connectivity index (χ3v) is 9.66. The molecule has 0 unspecified atom stereocenters. The van der Waals surface area contributed by atoms with Crippen LogP contribution < -0.4 is 4.90 Å². The minimum absolute atomic E-state index is 0.0839. The summed E-state index contributed by atoms with van der Waals surface area (Å²) in [6.07, 6.45) is 2.17. The second-order valence-corrected chi connectivity index (χ2v) is 12.2. The molecule has 1 aromatic carbocycles. The maximum atomic E-state index is 13.5. The molecule has 13 heteroatoms. The molecule has 1 amide bonds. The van der Waals surface area contributed by atoms with Crippen molar-refractivity contribution in [3.8, 4) is 17.3 Å². The molecule has 2 aliphatic heterocycles. The van der Waals surface area contributed by atoms with E-state index in [0.717, 1.165) is 47.4 Å². The lowest BCUT2D eigenvalue weighted by Crippen LogP contribution is -2.56. The highest BCUT2D eigenvalue weighted by Crippen LogP contribution is 2.39. The van der Waals surface area contributed by atoms with Crippen molar-refractivity contribution < 1.29 is 14.3 Å². The van der Waals surface area contributed by atoms with Crippen LogP contribution in [0, 0.1) is 17.1 Å². The Balaban J connectivity index is 1.21. The number of piperidine rings is 1. The van der Waals surface area contributed by atoms with Crippen LogP contribution in [0.3, 0.4) is 0 Å². The fraction of sp³-hybridized carbons (Fsp3) is 0.444. The quantitative estimate of drug-likeness (QED) is 0.353. The molecule has 40 heavy (non-hydrogen) atoms. The molecule has 0 spiro atoms. The van der Waals surface area contributed by atoms with Gasteiger partial charge >= 0.3 is 0 Å². The number of hydrogen-bond acceptors (Lipinski definition) is 10. The smallest absolute Gasteiger partial charge is 0.236 e. The summed E-state index contributed by atoms with van der Waals surface area (Å²) in [6.45, 7) is 4.98. The van der Waals surface area contributed by atoms with Gasteiger partial charge in [-0.1, -0.05) is 29.6 Å². The molecule has 5 heterocycles. The number of carbonyl (C=O) groups excluding carboxylic acids is 1. The van der Waals surface area contributed by atoms with Crippen molar-refractivity contribution in [2.45, 2.75) is 38.2 Å². The van der Waals surface area contributed by atoms with Crippen LogP contribution in [0.5, 0.6) is 0 Å². The molecule has 2 saturated heterocycles. The van der Waals surface area contributed by atoms with Gasteiger partial charge in [-0.2, -0.15) is 14.9 Å². The predicted octanol–water partition coefficient (Wildman–Crippen LogP) is 3.64. The number of halogens is 1. The van der Waals surface area contributed by atoms with Gasteiger partial charge in [-0.3, -0.25) is 9.69 Å². The first-order chi connectivity index (χ1) is 19.3. The van der Waals surface area contributed by atoms with E-state index in [1.807, 2.05) is 16.5 Å². The Morgan fingerprint density at radius 3 is 2.58 bits per heavy atom. The normalized spacial score (nSPS) is 16.8. The molecular weight excluding hydrogens is 551 g/mol. The number of likely N-dealkylation sites (tertiary alicyclic amines) is 2. The number of thiazole rings is 1. The van der Waals surface area contributed by atoms with Gasteiger partial charge in [0.05, 0.1) is 18.3 Å². The number of aryl methyl sites for hydroxylation is 1. The van der Waals surface area contributed by atoms with Crippen molar-refractivity contribution in [2.75, 3.05) is 44.7 Å². The van der Waals surface area contributed by atoms with Crippen molar-refractivity contribution in [2.24, 2.45) is 0 Å². The molecule has 0 radical (unpaired) electrons. The molecule has 0 atom stereocenters. The van der Waals surface area contributed by atoms with Crippen molar-refractivity contribution in [3.05, 3.63) is 45.7 Å². The van der Waals surface area contributed by atoms with Gasteiger partial charge in [0, 0.05) is 31.6 Å². The fourth-order valence-electron chi connectivity index (χ4n) is 5.24. The number of hydrogen-bond donors (Lipinski definition) is 1. The van der Waals surface area contributed by atoms with Gasteiger partial charge in [-0.25, -0.2) is 14.4 Å². The van der Waals surface area contributed by atoms with Crippen LogP contribution in [0.15, 0.2) is 24.3 Å². The Kier molecular flexibility index (Phi) is 7.26. The average Bonchev–Trinajstić information content (AvgIpc) is 3.64. The van der Waals surface area contributed by atoms with Crippen molar-refractivity contribution in [1.82, 2.24) is 29.4 Å². The van der Waals surface area contributed by atoms with Crippen LogP contribution in [-0.2, 0) is 11.2 Å². The summed E-state index contributed by atoms with van der Waals surface area (Å²) in [6, 6.07) is 8.23. The number of imidazole rings is 1. The van der Waals surface area contributed by atoms with Gasteiger partial charge in [0.25, 0.3) is 0 Å². The van der Waals surface area contributed by atoms with E-state index in [-0.39, 0.29) is 17.8 Å². The lowest BCUT2D eigenvalue weighted by atomic mass is 9.97. The molecule has 4 aromatic rings. The number of aromatic nitrogens is 4. The Labute approximate surface area is 238 Å². The van der Waals surface area contributed by atoms with E-state index in [4.69, 9.17) is 15.1 Å². The molecule has 208 valence electrons. The highest BCUT2D eigenvalue weighted by molar-refractivity contribution is 7.17. The number of aliphatic hydroxyl groups excluding tert-OH is 1. The first-order valence-electron chi connectivity index (χ1n) is 13.3. The third kappa shape index (κ3) is 4.96. The zero-order chi connectivity index (χ0) is 28.0. The van der Waals surface area contributed by atoms with E-state index < -0.39 is 0 Å². The highest BCUT2D eigenvalue weighted by atomic mass is 32.1. The van der Waals surface area contributed by atoms with Gasteiger partial charge in [0.1, 0.15) is 27.5 Å². The fourth-order valence-corrected chi connectivity index (χ4v) is 7.17. The van der Waals surface area contributed by atoms with Gasteiger partial charge < -0.3 is 14.9 Å². The number of rotatable bonds is 7. The molecule has 6 rings (SSSR count). The van der Waals surface area contributed by atoms with Crippen molar-refractivity contribution in [1.29, 1.82) is 5.26 Å². The number of nitriles is 1. The Hall–Kier alpha value is -3.44. The van der Waals surface area contributed by atoms with E-state index in [1.165, 1.54) is 23.5 Å². The summed E-state index contributed by atoms with van der Waals surface area (Å²) < 4.78 is 15.3. The summed E-state index contributed by atoms with van der Waals surface area (Å²) in [5.74, 6) is 0.862. The first-order valence-corrected chi connectivity index (χ1v) is 14.9. The molecular formula is C27H29FN8O2S2. The minimum atomic E-state index is -0.378. The monoisotopic (exact) mass is 580 g/mol. The predicted molar refractivity (Wildman–Crippen MR) is 152 cm³/mol. The number of nitrogens with zero attached hydrogens (tertiary/aromatic N) is 8. The summed E-state index contributed by atoms with van der Waals surface area (Å²) in [7, 11) is 1.91.